The lowest BCUT2D eigenvalue weighted by Gasteiger charge is -2.02. The highest BCUT2D eigenvalue weighted by Crippen LogP contribution is 2.19. The summed E-state index contributed by atoms with van der Waals surface area (Å²) < 4.78 is 41.6. The number of aryl methyl sites for hydroxylation is 3. The molecule has 0 radical (unpaired) electrons. The van der Waals surface area contributed by atoms with Crippen LogP contribution in [0.4, 0.5) is 0 Å². The Balaban J connectivity index is 0.000000461. The fourth-order valence-corrected chi connectivity index (χ4v) is 2.72. The molecule has 30 heavy (non-hydrogen) atoms. The van der Waals surface area contributed by atoms with Gasteiger partial charge in [-0.05, 0) is 31.5 Å². The van der Waals surface area contributed by atoms with E-state index in [0.29, 0.717) is 11.3 Å². The fourth-order valence-electron chi connectivity index (χ4n) is 2.72. The van der Waals surface area contributed by atoms with Gasteiger partial charge in [0.15, 0.2) is 0 Å². The summed E-state index contributed by atoms with van der Waals surface area (Å²) in [6.45, 7) is 3.97. The zero-order valence-electron chi connectivity index (χ0n) is 16.3. The normalized spacial score (nSPS) is 11.4. The van der Waals surface area contributed by atoms with Gasteiger partial charge in [0.05, 0.1) is 24.1 Å². The van der Waals surface area contributed by atoms with Crippen molar-refractivity contribution >= 4 is 21.4 Å². The van der Waals surface area contributed by atoms with Crippen molar-refractivity contribution in [1.82, 2.24) is 24.8 Å². The van der Waals surface area contributed by atoms with Gasteiger partial charge in [-0.15, -0.1) is 0 Å². The molecule has 0 saturated carbocycles. The Kier molecular flexibility index (Phi) is 5.78. The maximum Gasteiger partial charge on any atom is 0.379 e. The van der Waals surface area contributed by atoms with Crippen LogP contribution in [0.15, 0.2) is 46.1 Å². The highest BCUT2D eigenvalue weighted by Gasteiger charge is 2.15. The molecule has 0 saturated heterocycles. The molecule has 158 valence electrons. The minimum Gasteiger partial charge on any atom is -0.726 e. The van der Waals surface area contributed by atoms with Gasteiger partial charge in [0, 0.05) is 16.6 Å². The van der Waals surface area contributed by atoms with E-state index in [2.05, 4.69) is 15.3 Å². The Morgan fingerprint density at radius 1 is 1.27 bits per heavy atom. The molecule has 1 N–H and O–H groups in total. The first-order valence-electron chi connectivity index (χ1n) is 8.65. The lowest BCUT2D eigenvalue weighted by Crippen LogP contribution is -2.24. The van der Waals surface area contributed by atoms with Gasteiger partial charge in [-0.2, -0.15) is 15.0 Å². The topological polar surface area (TPSA) is 160 Å². The largest absolute Gasteiger partial charge is 0.726 e. The van der Waals surface area contributed by atoms with E-state index in [1.807, 2.05) is 33.0 Å². The van der Waals surface area contributed by atoms with Crippen LogP contribution in [0.2, 0.25) is 0 Å². The molecule has 0 aliphatic heterocycles. The number of fused-ring (bicyclic) bond motifs is 1. The number of rotatable bonds is 3. The summed E-state index contributed by atoms with van der Waals surface area (Å²) in [6.07, 6.45) is 4.14. The van der Waals surface area contributed by atoms with Crippen molar-refractivity contribution in [3.8, 4) is 11.4 Å². The third-order valence-corrected chi connectivity index (χ3v) is 4.04. The van der Waals surface area contributed by atoms with Crippen molar-refractivity contribution in [2.75, 3.05) is 0 Å². The molecule has 0 atom stereocenters. The zero-order chi connectivity index (χ0) is 22.1. The van der Waals surface area contributed by atoms with E-state index < -0.39 is 16.0 Å². The highest BCUT2D eigenvalue weighted by atomic mass is 32.3. The molecule has 0 aliphatic rings. The van der Waals surface area contributed by atoms with Gasteiger partial charge in [-0.1, -0.05) is 11.6 Å². The van der Waals surface area contributed by atoms with Gasteiger partial charge in [0.25, 0.3) is 6.33 Å². The predicted molar refractivity (Wildman–Crippen MR) is 102 cm³/mol. The maximum absolute atomic E-state index is 12.3. The van der Waals surface area contributed by atoms with Gasteiger partial charge in [-0.25, -0.2) is 17.8 Å². The lowest BCUT2D eigenvalue weighted by molar-refractivity contribution is -0.672. The molecular weight excluding hydrogens is 416 g/mol. The minimum atomic E-state index is -4.92. The molecule has 0 unspecified atom stereocenters. The van der Waals surface area contributed by atoms with E-state index in [1.54, 1.807) is 34.2 Å². The summed E-state index contributed by atoms with van der Waals surface area (Å²) in [5.74, 6) is 0. The number of aromatic nitrogens is 6. The van der Waals surface area contributed by atoms with E-state index in [4.69, 9.17) is 21.9 Å². The molecule has 4 rings (SSSR count). The number of benzene rings is 1. The monoisotopic (exact) mass is 434 g/mol. The molecule has 3 heterocycles. The van der Waals surface area contributed by atoms with Crippen molar-refractivity contribution in [3.63, 3.8) is 0 Å². The molecule has 12 nitrogen and oxygen atoms in total. The van der Waals surface area contributed by atoms with Gasteiger partial charge in [0.2, 0.25) is 22.4 Å². The summed E-state index contributed by atoms with van der Waals surface area (Å²) in [7, 11) is -3.08. The quantitative estimate of drug-likeness (QED) is 0.206. The van der Waals surface area contributed by atoms with Crippen LogP contribution in [0.25, 0.3) is 22.3 Å². The van der Waals surface area contributed by atoms with Crippen molar-refractivity contribution in [1.29, 1.82) is 0 Å². The maximum atomic E-state index is 12.3. The van der Waals surface area contributed by atoms with E-state index >= 15 is 0 Å². The van der Waals surface area contributed by atoms with Crippen LogP contribution in [-0.4, -0.2) is 42.3 Å². The van der Waals surface area contributed by atoms with Gasteiger partial charge >= 0.3 is 5.63 Å². The summed E-state index contributed by atoms with van der Waals surface area (Å²) in [5, 5.41) is 13.8. The zero-order valence-corrected chi connectivity index (χ0v) is 17.1. The molecule has 4 aromatic rings. The number of nitrogens with zero attached hydrogens (tertiary/aromatic N) is 6. The van der Waals surface area contributed by atoms with Crippen LogP contribution < -0.4 is 10.2 Å². The average Bonchev–Trinajstić information content (AvgIpc) is 3.24. The third kappa shape index (κ3) is 4.94. The summed E-state index contributed by atoms with van der Waals surface area (Å²) >= 11 is 0. The Hall–Kier alpha value is -3.42. The molecule has 0 spiro atoms. The van der Waals surface area contributed by atoms with Crippen molar-refractivity contribution in [2.45, 2.75) is 20.3 Å². The second-order valence-corrected chi connectivity index (χ2v) is 7.16. The van der Waals surface area contributed by atoms with Gasteiger partial charge < -0.3 is 8.97 Å². The number of hydrogen-bond acceptors (Lipinski definition) is 8. The third-order valence-electron chi connectivity index (χ3n) is 4.04. The van der Waals surface area contributed by atoms with E-state index in [0.717, 1.165) is 28.9 Å². The lowest BCUT2D eigenvalue weighted by atomic mass is 10.2. The smallest absolute Gasteiger partial charge is 0.379 e. The highest BCUT2D eigenvalue weighted by molar-refractivity contribution is 7.79. The Morgan fingerprint density at radius 2 is 1.97 bits per heavy atom. The second-order valence-electron chi connectivity index (χ2n) is 6.30. The molecule has 3 aromatic heterocycles. The van der Waals surface area contributed by atoms with Crippen LogP contribution in [-0.2, 0) is 23.9 Å². The van der Waals surface area contributed by atoms with Crippen molar-refractivity contribution in [3.05, 3.63) is 58.7 Å². The molecule has 0 aliphatic carbocycles. The molecule has 0 bridgehead atoms. The second kappa shape index (κ2) is 8.14. The minimum absolute atomic E-state index is 0.363. The van der Waals surface area contributed by atoms with E-state index in [-0.39, 0.29) is 0 Å². The predicted octanol–water partition coefficient (Wildman–Crippen LogP) is 0.259. The first-order valence-corrected chi connectivity index (χ1v) is 10.0. The molecular formula is C17H18N6O6S. The number of hydrogen-bond donors (Lipinski definition) is 1. The van der Waals surface area contributed by atoms with Crippen LogP contribution in [0.5, 0.6) is 0 Å². The van der Waals surface area contributed by atoms with Crippen molar-refractivity contribution < 1.29 is 26.5 Å². The van der Waals surface area contributed by atoms with Crippen molar-refractivity contribution in [2.24, 2.45) is 7.05 Å². The molecule has 0 fully saturated rings. The Bertz CT molecular complexity index is 1360. The molecule has 0 amide bonds. The van der Waals surface area contributed by atoms with Crippen LogP contribution >= 0.6 is 0 Å². The van der Waals surface area contributed by atoms with E-state index in [9.17, 15) is 4.79 Å². The summed E-state index contributed by atoms with van der Waals surface area (Å²) in [4.78, 5) is 13.9. The van der Waals surface area contributed by atoms with Crippen LogP contribution in [0, 0.1) is 6.92 Å². The van der Waals surface area contributed by atoms with Gasteiger partial charge in [0.1, 0.15) is 5.58 Å². The first kappa shape index (κ1) is 21.3. The fraction of sp³-hybridized carbons (Fsp3) is 0.235. The first-order chi connectivity index (χ1) is 14.0. The van der Waals surface area contributed by atoms with E-state index in [1.165, 1.54) is 4.68 Å². The standard InChI is InChI=1S/C17H17N6O2.H2O4S/c1-4-14-11(2)19-23(20-14)13-6-5-12-7-15(17(24)25-16(12)8-13)22-10-21(3)9-18-22;1-5(2,3)4/h5-10H,4H2,1-3H3;(H2,1,2,3,4)/q+1;/p-1. The summed E-state index contributed by atoms with van der Waals surface area (Å²) in [6, 6.07) is 7.30. The Labute approximate surface area is 170 Å². The summed E-state index contributed by atoms with van der Waals surface area (Å²) in [5.41, 5.74) is 2.98. The molecule has 13 heteroatoms. The SMILES string of the molecule is CCc1nn(-c2ccc3cc(-n4c[n+](C)cn4)c(=O)oc3c2)nc1C.O=S(=O)([O-])O. The Morgan fingerprint density at radius 3 is 2.53 bits per heavy atom. The van der Waals surface area contributed by atoms with Crippen LogP contribution in [0.3, 0.4) is 0 Å². The van der Waals surface area contributed by atoms with Gasteiger partial charge in [-0.3, -0.25) is 4.55 Å². The average molecular weight is 434 g/mol. The van der Waals surface area contributed by atoms with Crippen LogP contribution in [0.1, 0.15) is 18.3 Å². The molecule has 1 aromatic carbocycles.